The van der Waals surface area contributed by atoms with Crippen LogP contribution < -0.4 is 10.4 Å². The number of allylic oxidation sites excluding steroid dienone is 1. The molecule has 2 aromatic rings. The molecule has 0 aliphatic carbocycles. The van der Waals surface area contributed by atoms with Crippen LogP contribution in [-0.2, 0) is 13.0 Å². The highest BCUT2D eigenvalue weighted by Crippen LogP contribution is 2.20. The van der Waals surface area contributed by atoms with Crippen molar-refractivity contribution in [2.24, 2.45) is 0 Å². The van der Waals surface area contributed by atoms with Crippen molar-refractivity contribution in [1.29, 1.82) is 0 Å². The summed E-state index contributed by atoms with van der Waals surface area (Å²) in [6.45, 7) is 6.63. The summed E-state index contributed by atoms with van der Waals surface area (Å²) in [6.07, 6.45) is 3.80. The number of hydrogen-bond donors (Lipinski definition) is 2. The summed E-state index contributed by atoms with van der Waals surface area (Å²) in [4.78, 5) is 11.7. The minimum absolute atomic E-state index is 0.185. The zero-order valence-corrected chi connectivity index (χ0v) is 15.3. The van der Waals surface area contributed by atoms with Crippen LogP contribution in [0.3, 0.4) is 0 Å². The molecule has 0 saturated carbocycles. The van der Waals surface area contributed by atoms with E-state index in [1.807, 2.05) is 30.3 Å². The maximum atomic E-state index is 11.7. The van der Waals surface area contributed by atoms with Crippen LogP contribution in [0.1, 0.15) is 25.3 Å². The Morgan fingerprint density at radius 2 is 2.28 bits per heavy atom. The molecule has 136 valence electrons. The number of nitrogens with zero attached hydrogens (tertiary/aromatic N) is 2. The van der Waals surface area contributed by atoms with Crippen LogP contribution in [0.15, 0.2) is 46.9 Å². The van der Waals surface area contributed by atoms with E-state index >= 15 is 0 Å². The number of unbranched alkanes of at least 4 members (excludes halogenated alkanes) is 1. The van der Waals surface area contributed by atoms with Crippen molar-refractivity contribution >= 4 is 11.8 Å². The van der Waals surface area contributed by atoms with Gasteiger partial charge in [0.1, 0.15) is 12.4 Å². The van der Waals surface area contributed by atoms with Crippen molar-refractivity contribution in [2.45, 2.75) is 44.0 Å². The summed E-state index contributed by atoms with van der Waals surface area (Å²) in [5.41, 5.74) is 0.832. The van der Waals surface area contributed by atoms with E-state index < -0.39 is 6.10 Å². The van der Waals surface area contributed by atoms with E-state index in [0.717, 1.165) is 30.6 Å². The van der Waals surface area contributed by atoms with E-state index in [-0.39, 0.29) is 12.3 Å². The monoisotopic (exact) mass is 363 g/mol. The Labute approximate surface area is 151 Å². The Bertz CT molecular complexity index is 726. The van der Waals surface area contributed by atoms with Crippen molar-refractivity contribution in [3.05, 3.63) is 53.0 Å². The third-order valence-corrected chi connectivity index (χ3v) is 4.75. The second-order valence-electron chi connectivity index (χ2n) is 5.69. The number of thioether (sulfide) groups is 1. The highest BCUT2D eigenvalue weighted by atomic mass is 32.2. The average Bonchev–Trinajstić information content (AvgIpc) is 2.97. The lowest BCUT2D eigenvalue weighted by Gasteiger charge is -2.14. The molecule has 25 heavy (non-hydrogen) atoms. The molecule has 2 N–H and O–H groups in total. The number of nitrogens with one attached hydrogen (secondary N) is 1. The molecule has 1 atom stereocenters. The van der Waals surface area contributed by atoms with Gasteiger partial charge in [0.25, 0.3) is 0 Å². The zero-order valence-electron chi connectivity index (χ0n) is 14.5. The summed E-state index contributed by atoms with van der Waals surface area (Å²) in [6, 6.07) is 7.72. The first-order valence-corrected chi connectivity index (χ1v) is 9.42. The molecule has 0 aliphatic heterocycles. The van der Waals surface area contributed by atoms with Gasteiger partial charge >= 0.3 is 5.69 Å². The van der Waals surface area contributed by atoms with E-state index in [9.17, 15) is 9.90 Å². The summed E-state index contributed by atoms with van der Waals surface area (Å²) in [5, 5.41) is 17.3. The lowest BCUT2D eigenvalue weighted by Crippen LogP contribution is -2.22. The van der Waals surface area contributed by atoms with Gasteiger partial charge in [-0.15, -0.1) is 11.7 Å². The maximum Gasteiger partial charge on any atom is 0.343 e. The zero-order chi connectivity index (χ0) is 18.1. The fourth-order valence-corrected chi connectivity index (χ4v) is 3.18. The Kier molecular flexibility index (Phi) is 7.81. The van der Waals surface area contributed by atoms with E-state index in [2.05, 4.69) is 23.7 Å². The number of aromatic nitrogens is 3. The van der Waals surface area contributed by atoms with Crippen LogP contribution in [0.5, 0.6) is 5.75 Å². The molecule has 1 aromatic heterocycles. The lowest BCUT2D eigenvalue weighted by molar-refractivity contribution is 0.126. The Balaban J connectivity index is 1.86. The van der Waals surface area contributed by atoms with Crippen molar-refractivity contribution < 1.29 is 9.84 Å². The molecule has 7 heteroatoms. The minimum Gasteiger partial charge on any atom is -0.491 e. The molecule has 2 rings (SSSR count). The van der Waals surface area contributed by atoms with Crippen LogP contribution in [0.4, 0.5) is 0 Å². The van der Waals surface area contributed by atoms with Crippen LogP contribution >= 0.6 is 11.8 Å². The predicted molar refractivity (Wildman–Crippen MR) is 100 cm³/mol. The summed E-state index contributed by atoms with van der Waals surface area (Å²) >= 11 is 1.35. The molecule has 1 aromatic carbocycles. The van der Waals surface area contributed by atoms with Crippen molar-refractivity contribution in [2.75, 3.05) is 12.4 Å². The Morgan fingerprint density at radius 1 is 1.48 bits per heavy atom. The molecule has 0 saturated heterocycles. The van der Waals surface area contributed by atoms with E-state index in [1.165, 1.54) is 11.8 Å². The van der Waals surface area contributed by atoms with Crippen LogP contribution in [0.2, 0.25) is 0 Å². The molecule has 0 aliphatic rings. The van der Waals surface area contributed by atoms with Gasteiger partial charge in [0.15, 0.2) is 5.16 Å². The minimum atomic E-state index is -0.659. The normalized spacial score (nSPS) is 12.1. The fourth-order valence-electron chi connectivity index (χ4n) is 2.30. The highest BCUT2D eigenvalue weighted by Gasteiger charge is 2.13. The molecule has 0 bridgehead atoms. The Morgan fingerprint density at radius 3 is 3.04 bits per heavy atom. The molecular formula is C18H25N3O3S. The van der Waals surface area contributed by atoms with Gasteiger partial charge in [-0.25, -0.2) is 9.89 Å². The molecule has 1 unspecified atom stereocenters. The number of hydrogen-bond acceptors (Lipinski definition) is 5. The fraction of sp³-hybridized carbons (Fsp3) is 0.444. The van der Waals surface area contributed by atoms with E-state index in [0.29, 0.717) is 17.5 Å². The molecular weight excluding hydrogens is 338 g/mol. The average molecular weight is 363 g/mol. The van der Waals surface area contributed by atoms with Crippen LogP contribution in [0, 0.1) is 0 Å². The van der Waals surface area contributed by atoms with Gasteiger partial charge in [0.05, 0.1) is 6.10 Å². The molecule has 0 spiro atoms. The van der Waals surface area contributed by atoms with Gasteiger partial charge in [-0.3, -0.25) is 4.57 Å². The van der Waals surface area contributed by atoms with Gasteiger partial charge in [-0.2, -0.15) is 0 Å². The Hall–Kier alpha value is -1.99. The number of benzene rings is 1. The van der Waals surface area contributed by atoms with Gasteiger partial charge < -0.3 is 9.84 Å². The molecule has 6 nitrogen and oxygen atoms in total. The van der Waals surface area contributed by atoms with E-state index in [1.54, 1.807) is 4.57 Å². The number of para-hydroxylation sites is 1. The largest absolute Gasteiger partial charge is 0.491 e. The smallest absolute Gasteiger partial charge is 0.343 e. The second-order valence-corrected chi connectivity index (χ2v) is 6.68. The number of aliphatic hydroxyl groups excluding tert-OH is 1. The first-order chi connectivity index (χ1) is 12.2. The number of H-pyrrole nitrogens is 1. The first-order valence-electron chi connectivity index (χ1n) is 8.43. The number of ether oxygens (including phenoxy) is 1. The summed E-state index contributed by atoms with van der Waals surface area (Å²) < 4.78 is 7.34. The van der Waals surface area contributed by atoms with Gasteiger partial charge in [0, 0.05) is 12.3 Å². The third-order valence-electron chi connectivity index (χ3n) is 3.63. The van der Waals surface area contributed by atoms with E-state index in [4.69, 9.17) is 4.74 Å². The maximum absolute atomic E-state index is 11.7. The van der Waals surface area contributed by atoms with Crippen LogP contribution in [0.25, 0.3) is 0 Å². The summed E-state index contributed by atoms with van der Waals surface area (Å²) in [7, 11) is 0. The van der Waals surface area contributed by atoms with Gasteiger partial charge in [-0.1, -0.05) is 49.4 Å². The molecule has 1 heterocycles. The van der Waals surface area contributed by atoms with Crippen molar-refractivity contribution in [1.82, 2.24) is 14.8 Å². The first kappa shape index (κ1) is 19.3. The standard InChI is InChI=1S/C18H25N3O3S/c1-3-5-11-21-17(23)19-20-18(21)25-13-15(22)12-24-16-10-7-6-9-14(16)8-4-2/h4,6-7,9-10,15,22H,2-3,5,8,11-13H2,1H3,(H,19,23). The van der Waals surface area contributed by atoms with Crippen molar-refractivity contribution in [3.8, 4) is 5.75 Å². The number of aliphatic hydroxyl groups is 1. The quantitative estimate of drug-likeness (QED) is 0.474. The highest BCUT2D eigenvalue weighted by molar-refractivity contribution is 7.99. The lowest BCUT2D eigenvalue weighted by atomic mass is 10.1. The predicted octanol–water partition coefficient (Wildman–Crippen LogP) is 2.63. The van der Waals surface area contributed by atoms with Crippen molar-refractivity contribution in [3.63, 3.8) is 0 Å². The van der Waals surface area contributed by atoms with Gasteiger partial charge in [-0.05, 0) is 24.5 Å². The van der Waals surface area contributed by atoms with Crippen LogP contribution in [-0.4, -0.2) is 38.3 Å². The molecule has 0 radical (unpaired) electrons. The second kappa shape index (κ2) is 10.1. The topological polar surface area (TPSA) is 80.1 Å². The van der Waals surface area contributed by atoms with Gasteiger partial charge in [0.2, 0.25) is 0 Å². The molecule has 0 amide bonds. The SMILES string of the molecule is C=CCc1ccccc1OCC(O)CSc1n[nH]c(=O)n1CCCC. The number of aromatic amines is 1. The number of rotatable bonds is 11. The summed E-state index contributed by atoms with van der Waals surface area (Å²) in [5.74, 6) is 1.16. The third kappa shape index (κ3) is 5.79. The molecule has 0 fully saturated rings.